The fraction of sp³-hybridized carbons (Fsp3) is 0.370. The SMILES string of the molecule is CC(=O)C(CC(N1CC=Cc2ccccc21)N1CCCCC1C(=O)O)c1cccc(C(=N)N)c1. The molecule has 0 saturated carbocycles. The largest absolute Gasteiger partial charge is 0.480 e. The van der Waals surface area contributed by atoms with Gasteiger partial charge in [-0.25, -0.2) is 0 Å². The van der Waals surface area contributed by atoms with Gasteiger partial charge in [-0.2, -0.15) is 0 Å². The third-order valence-corrected chi connectivity index (χ3v) is 6.95. The first kappa shape index (κ1) is 23.7. The number of piperidine rings is 1. The van der Waals surface area contributed by atoms with Crippen LogP contribution in [0.5, 0.6) is 0 Å². The fourth-order valence-corrected chi connectivity index (χ4v) is 5.25. The summed E-state index contributed by atoms with van der Waals surface area (Å²) < 4.78 is 0. The second kappa shape index (κ2) is 10.2. The Kier molecular flexibility index (Phi) is 7.12. The van der Waals surface area contributed by atoms with Gasteiger partial charge in [-0.1, -0.05) is 55.0 Å². The molecule has 2 aromatic carbocycles. The summed E-state index contributed by atoms with van der Waals surface area (Å²) in [5.41, 5.74) is 9.21. The monoisotopic (exact) mass is 460 g/mol. The standard InChI is InChI=1S/C27H32N4O3/c1-18(32)22(20-9-6-10-21(16-20)26(28)29)17-25(31-14-5-4-13-24(31)27(33)34)30-15-7-11-19-8-2-3-12-23(19)30/h2-3,6-12,16,22,24-25H,4-5,13-15,17H2,1H3,(H3,28,29)(H,33,34). The lowest BCUT2D eigenvalue weighted by molar-refractivity contribution is -0.146. The number of ketones is 1. The van der Waals surface area contributed by atoms with Crippen molar-refractivity contribution < 1.29 is 14.7 Å². The van der Waals surface area contributed by atoms with Crippen LogP contribution in [0.3, 0.4) is 0 Å². The zero-order chi connectivity index (χ0) is 24.2. The van der Waals surface area contributed by atoms with Crippen LogP contribution in [0.2, 0.25) is 0 Å². The summed E-state index contributed by atoms with van der Waals surface area (Å²) >= 11 is 0. The number of aliphatic carboxylic acids is 1. The van der Waals surface area contributed by atoms with Crippen LogP contribution in [0.15, 0.2) is 54.6 Å². The topological polar surface area (TPSA) is 111 Å². The predicted octanol–water partition coefficient (Wildman–Crippen LogP) is 3.83. The van der Waals surface area contributed by atoms with Crippen LogP contribution < -0.4 is 10.6 Å². The van der Waals surface area contributed by atoms with Crippen molar-refractivity contribution in [3.8, 4) is 0 Å². The molecule has 7 heteroatoms. The molecule has 4 rings (SSSR count). The Labute approximate surface area is 200 Å². The third kappa shape index (κ3) is 4.89. The van der Waals surface area contributed by atoms with E-state index in [0.29, 0.717) is 31.5 Å². The molecule has 34 heavy (non-hydrogen) atoms. The Morgan fingerprint density at radius 2 is 1.97 bits per heavy atom. The molecular formula is C27H32N4O3. The Morgan fingerprint density at radius 3 is 2.71 bits per heavy atom. The molecule has 0 amide bonds. The molecule has 3 unspecified atom stereocenters. The van der Waals surface area contributed by atoms with E-state index >= 15 is 0 Å². The van der Waals surface area contributed by atoms with E-state index in [1.165, 1.54) is 0 Å². The zero-order valence-corrected chi connectivity index (χ0v) is 19.5. The third-order valence-electron chi connectivity index (χ3n) is 6.95. The molecular weight excluding hydrogens is 428 g/mol. The number of carbonyl (C=O) groups is 2. The van der Waals surface area contributed by atoms with Crippen LogP contribution in [0, 0.1) is 5.41 Å². The van der Waals surface area contributed by atoms with Gasteiger partial charge in [0.2, 0.25) is 0 Å². The van der Waals surface area contributed by atoms with Crippen LogP contribution >= 0.6 is 0 Å². The van der Waals surface area contributed by atoms with Crippen LogP contribution in [0.25, 0.3) is 6.08 Å². The number of carbonyl (C=O) groups excluding carboxylic acids is 1. The second-order valence-corrected chi connectivity index (χ2v) is 9.12. The number of likely N-dealkylation sites (tertiary alicyclic amines) is 1. The number of hydrogen-bond acceptors (Lipinski definition) is 5. The number of Topliss-reactive ketones (excluding diaryl/α,β-unsaturated/α-hetero) is 1. The highest BCUT2D eigenvalue weighted by atomic mass is 16.4. The van der Waals surface area contributed by atoms with Crippen LogP contribution in [-0.4, -0.2) is 52.9 Å². The summed E-state index contributed by atoms with van der Waals surface area (Å²) in [6.07, 6.45) is 6.76. The first-order valence-corrected chi connectivity index (χ1v) is 11.8. The van der Waals surface area contributed by atoms with Crippen LogP contribution in [0.4, 0.5) is 5.69 Å². The Bertz CT molecular complexity index is 1110. The Hall–Kier alpha value is -3.45. The van der Waals surface area contributed by atoms with Crippen LogP contribution in [-0.2, 0) is 9.59 Å². The van der Waals surface area contributed by atoms with Gasteiger partial charge < -0.3 is 15.7 Å². The number of amidine groups is 1. The molecule has 0 spiro atoms. The molecule has 0 radical (unpaired) electrons. The minimum Gasteiger partial charge on any atom is -0.480 e. The van der Waals surface area contributed by atoms with Crippen molar-refractivity contribution in [2.24, 2.45) is 5.73 Å². The molecule has 0 aromatic heterocycles. The van der Waals surface area contributed by atoms with E-state index in [9.17, 15) is 14.7 Å². The Morgan fingerprint density at radius 1 is 1.18 bits per heavy atom. The van der Waals surface area contributed by atoms with Crippen LogP contribution in [0.1, 0.15) is 55.2 Å². The number of nitrogens with two attached hydrogens (primary N) is 1. The number of nitrogen functional groups attached to an aromatic ring is 1. The number of carboxylic acid groups (broad SMARTS) is 1. The number of para-hydroxylation sites is 1. The molecule has 2 aliphatic heterocycles. The number of fused-ring (bicyclic) bond motifs is 1. The van der Waals surface area contributed by atoms with Gasteiger partial charge in [-0.3, -0.25) is 19.9 Å². The number of hydrogen-bond donors (Lipinski definition) is 3. The lowest BCUT2D eigenvalue weighted by Crippen LogP contribution is -2.58. The van der Waals surface area contributed by atoms with Crippen molar-refractivity contribution in [1.29, 1.82) is 5.41 Å². The minimum atomic E-state index is -0.816. The molecule has 2 aromatic rings. The van der Waals surface area contributed by atoms with E-state index < -0.39 is 17.9 Å². The highest BCUT2D eigenvalue weighted by molar-refractivity contribution is 5.95. The maximum absolute atomic E-state index is 12.9. The summed E-state index contributed by atoms with van der Waals surface area (Å²) in [5.74, 6) is -1.30. The number of nitrogens with one attached hydrogen (secondary N) is 1. The van der Waals surface area contributed by atoms with Gasteiger partial charge in [0.25, 0.3) is 0 Å². The van der Waals surface area contributed by atoms with Gasteiger partial charge in [0.1, 0.15) is 17.7 Å². The highest BCUT2D eigenvalue weighted by Gasteiger charge is 2.39. The molecule has 0 aliphatic carbocycles. The maximum Gasteiger partial charge on any atom is 0.320 e. The number of nitrogens with zero attached hydrogens (tertiary/aromatic N) is 2. The minimum absolute atomic E-state index is 0.00965. The Balaban J connectivity index is 1.76. The molecule has 4 N–H and O–H groups in total. The van der Waals surface area contributed by atoms with Gasteiger partial charge in [0.15, 0.2) is 0 Å². The summed E-state index contributed by atoms with van der Waals surface area (Å²) in [5, 5.41) is 17.8. The zero-order valence-electron chi connectivity index (χ0n) is 19.5. The van der Waals surface area contributed by atoms with Crippen molar-refractivity contribution in [3.63, 3.8) is 0 Å². The van der Waals surface area contributed by atoms with E-state index in [-0.39, 0.29) is 17.8 Å². The fourth-order valence-electron chi connectivity index (χ4n) is 5.25. The van der Waals surface area contributed by atoms with Gasteiger partial charge in [-0.05, 0) is 49.4 Å². The quantitative estimate of drug-likeness (QED) is 0.408. The lowest BCUT2D eigenvalue weighted by atomic mass is 9.87. The lowest BCUT2D eigenvalue weighted by Gasteiger charge is -2.47. The second-order valence-electron chi connectivity index (χ2n) is 9.12. The van der Waals surface area contributed by atoms with E-state index in [0.717, 1.165) is 29.7 Å². The number of rotatable bonds is 8. The summed E-state index contributed by atoms with van der Waals surface area (Å²) in [6, 6.07) is 14.8. The summed E-state index contributed by atoms with van der Waals surface area (Å²) in [4.78, 5) is 29.5. The van der Waals surface area contributed by atoms with Gasteiger partial charge >= 0.3 is 5.97 Å². The maximum atomic E-state index is 12.9. The molecule has 1 fully saturated rings. The molecule has 7 nitrogen and oxygen atoms in total. The van der Waals surface area contributed by atoms with Crippen molar-refractivity contribution >= 4 is 29.4 Å². The highest BCUT2D eigenvalue weighted by Crippen LogP contribution is 2.35. The van der Waals surface area contributed by atoms with Gasteiger partial charge in [0.05, 0.1) is 6.17 Å². The average Bonchev–Trinajstić information content (AvgIpc) is 2.84. The summed E-state index contributed by atoms with van der Waals surface area (Å²) in [6.45, 7) is 2.89. The van der Waals surface area contributed by atoms with E-state index in [2.05, 4.69) is 34.1 Å². The van der Waals surface area contributed by atoms with E-state index in [1.54, 1.807) is 19.1 Å². The predicted molar refractivity (Wildman–Crippen MR) is 134 cm³/mol. The normalized spacial score (nSPS) is 19.8. The summed E-state index contributed by atoms with van der Waals surface area (Å²) in [7, 11) is 0. The molecule has 3 atom stereocenters. The molecule has 178 valence electrons. The molecule has 0 bridgehead atoms. The first-order chi connectivity index (χ1) is 16.4. The van der Waals surface area contributed by atoms with Crippen molar-refractivity contribution in [1.82, 2.24) is 4.90 Å². The number of anilines is 1. The van der Waals surface area contributed by atoms with Crippen molar-refractivity contribution in [2.45, 2.75) is 50.7 Å². The first-order valence-electron chi connectivity index (χ1n) is 11.8. The van der Waals surface area contributed by atoms with E-state index in [1.807, 2.05) is 24.3 Å². The van der Waals surface area contributed by atoms with Crippen molar-refractivity contribution in [3.05, 3.63) is 71.3 Å². The van der Waals surface area contributed by atoms with Crippen molar-refractivity contribution in [2.75, 3.05) is 18.0 Å². The number of benzene rings is 2. The molecule has 2 heterocycles. The van der Waals surface area contributed by atoms with Gasteiger partial charge in [-0.15, -0.1) is 0 Å². The van der Waals surface area contributed by atoms with Gasteiger partial charge in [0, 0.05) is 30.3 Å². The molecule has 1 saturated heterocycles. The van der Waals surface area contributed by atoms with E-state index in [4.69, 9.17) is 11.1 Å². The smallest absolute Gasteiger partial charge is 0.320 e. The number of carboxylic acids is 1. The average molecular weight is 461 g/mol. The molecule has 2 aliphatic rings.